The van der Waals surface area contributed by atoms with Crippen LogP contribution in [0.25, 0.3) is 0 Å². The summed E-state index contributed by atoms with van der Waals surface area (Å²) < 4.78 is 14.1. The fraction of sp³-hybridized carbons (Fsp3) is 0.571. The number of hydrogen-bond donors (Lipinski definition) is 1. The molecule has 1 N–H and O–H groups in total. The molecule has 1 fully saturated rings. The molecular weight excluding hydrogens is 229 g/mol. The number of nitrogens with zero attached hydrogens (tertiary/aromatic N) is 2. The van der Waals surface area contributed by atoms with Crippen LogP contribution < -0.4 is 10.2 Å². The van der Waals surface area contributed by atoms with Crippen molar-refractivity contribution in [2.75, 3.05) is 38.6 Å². The molecule has 1 heterocycles. The highest BCUT2D eigenvalue weighted by molar-refractivity contribution is 5.49. The quantitative estimate of drug-likeness (QED) is 0.882. The average Bonchev–Trinajstić information content (AvgIpc) is 2.34. The second-order valence-corrected chi connectivity index (χ2v) is 5.09. The van der Waals surface area contributed by atoms with Crippen molar-refractivity contribution in [2.24, 2.45) is 0 Å². The number of hydrogen-bond acceptors (Lipinski definition) is 3. The summed E-state index contributed by atoms with van der Waals surface area (Å²) in [6, 6.07) is 6.00. The van der Waals surface area contributed by atoms with E-state index in [2.05, 4.69) is 29.1 Å². The molecule has 1 saturated heterocycles. The number of halogens is 1. The minimum Gasteiger partial charge on any atom is -0.366 e. The van der Waals surface area contributed by atoms with E-state index in [0.717, 1.165) is 30.9 Å². The van der Waals surface area contributed by atoms with E-state index < -0.39 is 0 Å². The Labute approximate surface area is 109 Å². The van der Waals surface area contributed by atoms with Gasteiger partial charge in [-0.1, -0.05) is 6.07 Å². The van der Waals surface area contributed by atoms with E-state index in [1.165, 1.54) is 0 Å². The van der Waals surface area contributed by atoms with E-state index in [4.69, 9.17) is 0 Å². The molecule has 3 nitrogen and oxygen atoms in total. The Morgan fingerprint density at radius 1 is 1.39 bits per heavy atom. The normalized spacial score (nSPS) is 21.3. The van der Waals surface area contributed by atoms with Crippen LogP contribution in [-0.4, -0.2) is 44.7 Å². The van der Waals surface area contributed by atoms with E-state index in [9.17, 15) is 4.39 Å². The fourth-order valence-electron chi connectivity index (χ4n) is 2.39. The Morgan fingerprint density at radius 2 is 2.17 bits per heavy atom. The van der Waals surface area contributed by atoms with E-state index in [0.29, 0.717) is 12.6 Å². The third-order valence-corrected chi connectivity index (χ3v) is 3.69. The van der Waals surface area contributed by atoms with E-state index >= 15 is 0 Å². The van der Waals surface area contributed by atoms with Crippen molar-refractivity contribution in [3.63, 3.8) is 0 Å². The van der Waals surface area contributed by atoms with Gasteiger partial charge in [-0.2, -0.15) is 0 Å². The van der Waals surface area contributed by atoms with E-state index in [1.807, 2.05) is 19.2 Å². The van der Waals surface area contributed by atoms with Crippen molar-refractivity contribution < 1.29 is 4.39 Å². The molecule has 0 spiro atoms. The van der Waals surface area contributed by atoms with Gasteiger partial charge >= 0.3 is 0 Å². The van der Waals surface area contributed by atoms with Crippen LogP contribution in [0.15, 0.2) is 18.2 Å². The molecule has 0 amide bonds. The van der Waals surface area contributed by atoms with E-state index in [-0.39, 0.29) is 5.82 Å². The highest BCUT2D eigenvalue weighted by Gasteiger charge is 2.22. The molecule has 1 unspecified atom stereocenters. The lowest BCUT2D eigenvalue weighted by atomic mass is 10.1. The van der Waals surface area contributed by atoms with Gasteiger partial charge in [-0.15, -0.1) is 0 Å². The van der Waals surface area contributed by atoms with Gasteiger partial charge < -0.3 is 15.1 Å². The van der Waals surface area contributed by atoms with Crippen LogP contribution in [0.2, 0.25) is 0 Å². The minimum atomic E-state index is -0.112. The van der Waals surface area contributed by atoms with Gasteiger partial charge in [-0.05, 0) is 38.7 Å². The molecule has 1 aromatic carbocycles. The van der Waals surface area contributed by atoms with Crippen LogP contribution in [0.3, 0.4) is 0 Å². The third kappa shape index (κ3) is 2.82. The lowest BCUT2D eigenvalue weighted by Gasteiger charge is -2.39. The van der Waals surface area contributed by atoms with Crippen molar-refractivity contribution in [1.82, 2.24) is 10.2 Å². The molecule has 1 aliphatic heterocycles. The van der Waals surface area contributed by atoms with Crippen molar-refractivity contribution in [2.45, 2.75) is 19.5 Å². The predicted octanol–water partition coefficient (Wildman–Crippen LogP) is 1.69. The molecule has 0 aromatic heterocycles. The first-order valence-corrected chi connectivity index (χ1v) is 6.50. The molecule has 1 aliphatic rings. The average molecular weight is 251 g/mol. The number of nitrogens with one attached hydrogen (secondary N) is 1. The first-order chi connectivity index (χ1) is 8.61. The van der Waals surface area contributed by atoms with Crippen LogP contribution in [0.5, 0.6) is 0 Å². The molecule has 100 valence electrons. The SMILES string of the molecule is CNCc1ccc(N2CCN(C)C(C)C2)c(F)c1. The highest BCUT2D eigenvalue weighted by atomic mass is 19.1. The molecule has 1 atom stereocenters. The van der Waals surface area contributed by atoms with Crippen LogP contribution >= 0.6 is 0 Å². The number of rotatable bonds is 3. The van der Waals surface area contributed by atoms with Crippen LogP contribution in [0.1, 0.15) is 12.5 Å². The van der Waals surface area contributed by atoms with Crippen molar-refractivity contribution in [3.05, 3.63) is 29.6 Å². The van der Waals surface area contributed by atoms with Gasteiger partial charge in [-0.3, -0.25) is 0 Å². The summed E-state index contributed by atoms with van der Waals surface area (Å²) in [5.41, 5.74) is 1.72. The first kappa shape index (κ1) is 13.3. The Morgan fingerprint density at radius 3 is 2.78 bits per heavy atom. The number of anilines is 1. The Balaban J connectivity index is 2.13. The Hall–Kier alpha value is -1.13. The third-order valence-electron chi connectivity index (χ3n) is 3.69. The summed E-state index contributed by atoms with van der Waals surface area (Å²) in [4.78, 5) is 4.45. The molecule has 0 radical (unpaired) electrons. The van der Waals surface area contributed by atoms with Gasteiger partial charge in [0.05, 0.1) is 5.69 Å². The van der Waals surface area contributed by atoms with Gasteiger partial charge in [0.1, 0.15) is 5.82 Å². The van der Waals surface area contributed by atoms with Crippen LogP contribution in [0, 0.1) is 5.82 Å². The first-order valence-electron chi connectivity index (χ1n) is 6.50. The second kappa shape index (κ2) is 5.67. The van der Waals surface area contributed by atoms with Crippen molar-refractivity contribution in [3.8, 4) is 0 Å². The summed E-state index contributed by atoms with van der Waals surface area (Å²) in [5.74, 6) is -0.112. The zero-order chi connectivity index (χ0) is 13.1. The Bertz CT molecular complexity index is 408. The fourth-order valence-corrected chi connectivity index (χ4v) is 2.39. The summed E-state index contributed by atoms with van der Waals surface area (Å²) in [6.07, 6.45) is 0. The molecule has 0 bridgehead atoms. The number of piperazine rings is 1. The molecule has 18 heavy (non-hydrogen) atoms. The van der Waals surface area contributed by atoms with Gasteiger partial charge in [0, 0.05) is 32.2 Å². The van der Waals surface area contributed by atoms with Gasteiger partial charge in [0.25, 0.3) is 0 Å². The molecule has 4 heteroatoms. The maximum Gasteiger partial charge on any atom is 0.146 e. The van der Waals surface area contributed by atoms with Crippen LogP contribution in [0.4, 0.5) is 10.1 Å². The summed E-state index contributed by atoms with van der Waals surface area (Å²) >= 11 is 0. The molecule has 0 saturated carbocycles. The maximum absolute atomic E-state index is 14.1. The standard InChI is InChI=1S/C14H22FN3/c1-11-10-18(7-6-17(11)3)14-5-4-12(9-16-2)8-13(14)15/h4-5,8,11,16H,6-7,9-10H2,1-3H3. The lowest BCUT2D eigenvalue weighted by molar-refractivity contribution is 0.233. The smallest absolute Gasteiger partial charge is 0.146 e. The highest BCUT2D eigenvalue weighted by Crippen LogP contribution is 2.23. The zero-order valence-corrected chi connectivity index (χ0v) is 11.4. The van der Waals surface area contributed by atoms with Crippen LogP contribution in [-0.2, 0) is 6.54 Å². The topological polar surface area (TPSA) is 18.5 Å². The van der Waals surface area contributed by atoms with Crippen molar-refractivity contribution in [1.29, 1.82) is 0 Å². The minimum absolute atomic E-state index is 0.112. The Kier molecular flexibility index (Phi) is 4.19. The monoisotopic (exact) mass is 251 g/mol. The summed E-state index contributed by atoms with van der Waals surface area (Å²) in [7, 11) is 3.99. The molecule has 2 rings (SSSR count). The lowest BCUT2D eigenvalue weighted by Crippen LogP contribution is -2.50. The van der Waals surface area contributed by atoms with Crippen molar-refractivity contribution >= 4 is 5.69 Å². The van der Waals surface area contributed by atoms with Gasteiger partial charge in [0.2, 0.25) is 0 Å². The van der Waals surface area contributed by atoms with E-state index in [1.54, 1.807) is 6.07 Å². The molecule has 0 aliphatic carbocycles. The predicted molar refractivity (Wildman–Crippen MR) is 73.5 cm³/mol. The molecular formula is C14H22FN3. The summed E-state index contributed by atoms with van der Waals surface area (Å²) in [6.45, 7) is 5.65. The maximum atomic E-state index is 14.1. The van der Waals surface area contributed by atoms with Gasteiger partial charge in [-0.25, -0.2) is 4.39 Å². The zero-order valence-electron chi connectivity index (χ0n) is 11.4. The molecule has 1 aromatic rings. The number of likely N-dealkylation sites (N-methyl/N-ethyl adjacent to an activating group) is 1. The van der Waals surface area contributed by atoms with Gasteiger partial charge in [0.15, 0.2) is 0 Å². The largest absolute Gasteiger partial charge is 0.366 e. The number of benzene rings is 1. The second-order valence-electron chi connectivity index (χ2n) is 5.09. The summed E-state index contributed by atoms with van der Waals surface area (Å²) in [5, 5.41) is 3.04.